The lowest BCUT2D eigenvalue weighted by Crippen LogP contribution is -2.20. The Bertz CT molecular complexity index is 1110. The van der Waals surface area contributed by atoms with Crippen LogP contribution in [0.1, 0.15) is 18.7 Å². The maximum Gasteiger partial charge on any atom is 0.223 e. The second kappa shape index (κ2) is 7.12. The molecule has 0 N–H and O–H groups in total. The number of nitrogens with zero attached hydrogens (tertiary/aromatic N) is 6. The Balaban J connectivity index is 1.56. The van der Waals surface area contributed by atoms with Crippen LogP contribution in [0.3, 0.4) is 0 Å². The summed E-state index contributed by atoms with van der Waals surface area (Å²) in [7, 11) is 0. The predicted molar refractivity (Wildman–Crippen MR) is 102 cm³/mol. The van der Waals surface area contributed by atoms with Crippen molar-refractivity contribution < 1.29 is 9.26 Å². The molecule has 8 nitrogen and oxygen atoms in total. The summed E-state index contributed by atoms with van der Waals surface area (Å²) in [6, 6.07) is 7.80. The van der Waals surface area contributed by atoms with Gasteiger partial charge in [-0.2, -0.15) is 10.1 Å². The van der Waals surface area contributed by atoms with Crippen LogP contribution in [0.5, 0.6) is 0 Å². The van der Waals surface area contributed by atoms with Gasteiger partial charge < -0.3 is 9.26 Å². The number of hydrogen-bond acceptors (Lipinski definition) is 7. The normalized spacial score (nSPS) is 15.3. The molecule has 0 radical (unpaired) electrons. The molecular weight excluding hydrogens is 356 g/mol. The van der Waals surface area contributed by atoms with Crippen molar-refractivity contribution in [2.24, 2.45) is 5.92 Å². The summed E-state index contributed by atoms with van der Waals surface area (Å²) in [6.07, 6.45) is 5.64. The standard InChI is InChI=1S/C20H20N6O2/c1-13-23-20(25-28-13)15-4-8-21-16(11-15)18-19-17(3-2-7-22-19)26(24-18)12-14-5-9-27-10-6-14/h2-4,7-8,11,14H,5-6,9-10,12H2,1H3. The minimum absolute atomic E-state index is 0.529. The Labute approximate surface area is 161 Å². The van der Waals surface area contributed by atoms with Gasteiger partial charge in [0, 0.05) is 44.6 Å². The zero-order valence-corrected chi connectivity index (χ0v) is 15.6. The zero-order chi connectivity index (χ0) is 18.9. The van der Waals surface area contributed by atoms with E-state index in [0.717, 1.165) is 60.6 Å². The average molecular weight is 376 g/mol. The molecule has 1 aliphatic rings. The van der Waals surface area contributed by atoms with Crippen LogP contribution >= 0.6 is 0 Å². The summed E-state index contributed by atoms with van der Waals surface area (Å²) in [5.74, 6) is 1.63. The molecule has 1 aliphatic heterocycles. The lowest BCUT2D eigenvalue weighted by molar-refractivity contribution is 0.0606. The smallest absolute Gasteiger partial charge is 0.223 e. The van der Waals surface area contributed by atoms with E-state index in [1.54, 1.807) is 19.3 Å². The van der Waals surface area contributed by atoms with E-state index >= 15 is 0 Å². The number of aromatic nitrogens is 6. The highest BCUT2D eigenvalue weighted by atomic mass is 16.5. The molecule has 0 aromatic carbocycles. The molecule has 0 bridgehead atoms. The molecule has 0 saturated carbocycles. The van der Waals surface area contributed by atoms with Gasteiger partial charge in [-0.05, 0) is 43.0 Å². The van der Waals surface area contributed by atoms with Crippen molar-refractivity contribution in [3.05, 3.63) is 42.5 Å². The minimum atomic E-state index is 0.529. The lowest BCUT2D eigenvalue weighted by atomic mass is 10.0. The van der Waals surface area contributed by atoms with E-state index in [9.17, 15) is 0 Å². The first-order valence-corrected chi connectivity index (χ1v) is 9.44. The van der Waals surface area contributed by atoms with Crippen LogP contribution in [0.2, 0.25) is 0 Å². The molecule has 5 rings (SSSR count). The van der Waals surface area contributed by atoms with Crippen LogP contribution in [0.25, 0.3) is 33.8 Å². The van der Waals surface area contributed by atoms with Gasteiger partial charge in [0.15, 0.2) is 0 Å². The van der Waals surface area contributed by atoms with Crippen molar-refractivity contribution in [3.63, 3.8) is 0 Å². The van der Waals surface area contributed by atoms with Gasteiger partial charge >= 0.3 is 0 Å². The lowest BCUT2D eigenvalue weighted by Gasteiger charge is -2.22. The Hall–Kier alpha value is -3.13. The molecule has 1 fully saturated rings. The molecule has 28 heavy (non-hydrogen) atoms. The third-order valence-corrected chi connectivity index (χ3v) is 5.07. The second-order valence-electron chi connectivity index (χ2n) is 7.02. The minimum Gasteiger partial charge on any atom is -0.381 e. The van der Waals surface area contributed by atoms with Crippen LogP contribution in [-0.2, 0) is 11.3 Å². The van der Waals surface area contributed by atoms with E-state index in [-0.39, 0.29) is 0 Å². The van der Waals surface area contributed by atoms with Gasteiger partial charge in [0.25, 0.3) is 0 Å². The maximum atomic E-state index is 5.48. The molecule has 4 aromatic heterocycles. The topological polar surface area (TPSA) is 91.8 Å². The number of fused-ring (bicyclic) bond motifs is 1. The van der Waals surface area contributed by atoms with Crippen LogP contribution in [-0.4, -0.2) is 43.1 Å². The first-order valence-electron chi connectivity index (χ1n) is 9.44. The van der Waals surface area contributed by atoms with Crippen molar-refractivity contribution in [2.45, 2.75) is 26.3 Å². The van der Waals surface area contributed by atoms with E-state index in [0.29, 0.717) is 17.6 Å². The molecule has 0 atom stereocenters. The fourth-order valence-electron chi connectivity index (χ4n) is 3.61. The summed E-state index contributed by atoms with van der Waals surface area (Å²) in [5.41, 5.74) is 4.22. The van der Waals surface area contributed by atoms with Crippen molar-refractivity contribution in [1.82, 2.24) is 29.9 Å². The maximum absolute atomic E-state index is 5.48. The number of pyridine rings is 2. The predicted octanol–water partition coefficient (Wildman–Crippen LogP) is 3.28. The SMILES string of the molecule is Cc1nc(-c2ccnc(-c3nn(CC4CCOCC4)c4cccnc34)c2)no1. The highest BCUT2D eigenvalue weighted by molar-refractivity contribution is 5.89. The first kappa shape index (κ1) is 17.0. The average Bonchev–Trinajstić information content (AvgIpc) is 3.33. The Morgan fingerprint density at radius 2 is 2.04 bits per heavy atom. The third-order valence-electron chi connectivity index (χ3n) is 5.07. The summed E-state index contributed by atoms with van der Waals surface area (Å²) >= 11 is 0. The van der Waals surface area contributed by atoms with Crippen molar-refractivity contribution in [2.75, 3.05) is 13.2 Å². The second-order valence-corrected chi connectivity index (χ2v) is 7.02. The summed E-state index contributed by atoms with van der Waals surface area (Å²) in [5, 5.41) is 8.88. The van der Waals surface area contributed by atoms with Gasteiger partial charge in [0.2, 0.25) is 11.7 Å². The van der Waals surface area contributed by atoms with Crippen molar-refractivity contribution in [3.8, 4) is 22.8 Å². The fourth-order valence-corrected chi connectivity index (χ4v) is 3.61. The molecule has 8 heteroatoms. The summed E-state index contributed by atoms with van der Waals surface area (Å²) in [4.78, 5) is 13.4. The largest absolute Gasteiger partial charge is 0.381 e. The molecule has 0 spiro atoms. The van der Waals surface area contributed by atoms with Crippen LogP contribution in [0.15, 0.2) is 41.2 Å². The van der Waals surface area contributed by atoms with Gasteiger partial charge in [-0.1, -0.05) is 5.16 Å². The van der Waals surface area contributed by atoms with E-state index in [2.05, 4.69) is 30.9 Å². The molecule has 5 heterocycles. The van der Waals surface area contributed by atoms with Gasteiger partial charge in [-0.15, -0.1) is 0 Å². The monoisotopic (exact) mass is 376 g/mol. The number of rotatable bonds is 4. The Morgan fingerprint density at radius 1 is 1.14 bits per heavy atom. The zero-order valence-electron chi connectivity index (χ0n) is 15.6. The Morgan fingerprint density at radius 3 is 2.86 bits per heavy atom. The fraction of sp³-hybridized carbons (Fsp3) is 0.350. The van der Waals surface area contributed by atoms with E-state index in [1.165, 1.54) is 0 Å². The van der Waals surface area contributed by atoms with Gasteiger partial charge in [0.1, 0.15) is 11.2 Å². The molecule has 4 aromatic rings. The van der Waals surface area contributed by atoms with Gasteiger partial charge in [-0.25, -0.2) is 0 Å². The number of ether oxygens (including phenoxy) is 1. The van der Waals surface area contributed by atoms with Crippen LogP contribution in [0, 0.1) is 12.8 Å². The number of aryl methyl sites for hydroxylation is 1. The third kappa shape index (κ3) is 3.16. The molecule has 1 saturated heterocycles. The molecule has 0 aliphatic carbocycles. The summed E-state index contributed by atoms with van der Waals surface area (Å²) in [6.45, 7) is 4.27. The molecular formula is C20H20N6O2. The van der Waals surface area contributed by atoms with Gasteiger partial charge in [-0.3, -0.25) is 14.6 Å². The van der Waals surface area contributed by atoms with E-state index < -0.39 is 0 Å². The molecule has 0 unspecified atom stereocenters. The van der Waals surface area contributed by atoms with Gasteiger partial charge in [0.05, 0.1) is 11.2 Å². The molecule has 142 valence electrons. The number of hydrogen-bond donors (Lipinski definition) is 0. The highest BCUT2D eigenvalue weighted by Gasteiger charge is 2.20. The quantitative estimate of drug-likeness (QED) is 0.540. The summed E-state index contributed by atoms with van der Waals surface area (Å²) < 4.78 is 12.6. The highest BCUT2D eigenvalue weighted by Crippen LogP contribution is 2.29. The van der Waals surface area contributed by atoms with Crippen molar-refractivity contribution in [1.29, 1.82) is 0 Å². The Kier molecular flexibility index (Phi) is 4.32. The van der Waals surface area contributed by atoms with Crippen LogP contribution < -0.4 is 0 Å². The van der Waals surface area contributed by atoms with Crippen molar-refractivity contribution >= 4 is 11.0 Å². The van der Waals surface area contributed by atoms with Crippen LogP contribution in [0.4, 0.5) is 0 Å². The van der Waals surface area contributed by atoms with E-state index in [4.69, 9.17) is 14.4 Å². The first-order chi connectivity index (χ1) is 13.8. The van der Waals surface area contributed by atoms with E-state index in [1.807, 2.05) is 18.2 Å². The molecule has 0 amide bonds.